The fourth-order valence-electron chi connectivity index (χ4n) is 2.49. The molecule has 1 saturated heterocycles. The zero-order valence-corrected chi connectivity index (χ0v) is 20.0. The molecule has 1 aliphatic rings. The van der Waals surface area contributed by atoms with Gasteiger partial charge in [-0.25, -0.2) is 4.68 Å². The molecule has 1 fully saturated rings. The molecule has 1 aliphatic heterocycles. The van der Waals surface area contributed by atoms with Crippen molar-refractivity contribution in [2.75, 3.05) is 6.61 Å². The third-order valence-corrected chi connectivity index (χ3v) is 10.7. The molecule has 6 nitrogen and oxygen atoms in total. The summed E-state index contributed by atoms with van der Waals surface area (Å²) >= 11 is 0. The second kappa shape index (κ2) is 7.21. The monoisotopic (exact) mass is 396 g/mol. The molecular weight excluding hydrogens is 359 g/mol. The highest BCUT2D eigenvalue weighted by molar-refractivity contribution is 6.74. The fraction of sp³-hybridized carbons (Fsp3) is 0.842. The SMILES string of the molecule is CC(CO[Si](C)(C)C(C)(C)C)Oc1c(B2OC(C)(C)C(C)(C)O2)cnn1C. The van der Waals surface area contributed by atoms with Gasteiger partial charge in [-0.3, -0.25) is 0 Å². The van der Waals surface area contributed by atoms with Crippen LogP contribution in [-0.4, -0.2) is 49.1 Å². The van der Waals surface area contributed by atoms with Crippen LogP contribution in [0.15, 0.2) is 6.20 Å². The fourth-order valence-corrected chi connectivity index (χ4v) is 3.57. The number of hydrogen-bond donors (Lipinski definition) is 0. The van der Waals surface area contributed by atoms with Crippen LogP contribution < -0.4 is 10.2 Å². The number of aromatic nitrogens is 2. The Kier molecular flexibility index (Phi) is 6.00. The molecule has 0 aromatic carbocycles. The van der Waals surface area contributed by atoms with Crippen LogP contribution in [0.4, 0.5) is 0 Å². The number of rotatable bonds is 6. The van der Waals surface area contributed by atoms with Crippen LogP contribution in [0.1, 0.15) is 55.4 Å². The number of aryl methyl sites for hydroxylation is 1. The van der Waals surface area contributed by atoms with Gasteiger partial charge in [-0.2, -0.15) is 5.10 Å². The highest BCUT2D eigenvalue weighted by Crippen LogP contribution is 2.38. The summed E-state index contributed by atoms with van der Waals surface area (Å²) in [5.41, 5.74) is 0.0132. The summed E-state index contributed by atoms with van der Waals surface area (Å²) in [6.45, 7) is 21.9. The van der Waals surface area contributed by atoms with Gasteiger partial charge in [0.15, 0.2) is 8.32 Å². The highest BCUT2D eigenvalue weighted by atomic mass is 28.4. The van der Waals surface area contributed by atoms with Gasteiger partial charge in [0.25, 0.3) is 0 Å². The maximum Gasteiger partial charge on any atom is 0.502 e. The van der Waals surface area contributed by atoms with Crippen LogP contribution in [-0.2, 0) is 20.8 Å². The molecule has 154 valence electrons. The third-order valence-electron chi connectivity index (χ3n) is 6.22. The molecule has 0 N–H and O–H groups in total. The van der Waals surface area contributed by atoms with Gasteiger partial charge in [0, 0.05) is 7.05 Å². The lowest BCUT2D eigenvalue weighted by atomic mass is 9.81. The summed E-state index contributed by atoms with van der Waals surface area (Å²) < 4.78 is 26.6. The Balaban J connectivity index is 2.09. The van der Waals surface area contributed by atoms with Crippen LogP contribution in [0.5, 0.6) is 5.88 Å². The minimum Gasteiger partial charge on any atom is -0.473 e. The summed E-state index contributed by atoms with van der Waals surface area (Å²) in [6.07, 6.45) is 1.66. The molecule has 0 aliphatic carbocycles. The number of hydrogen-bond acceptors (Lipinski definition) is 5. The zero-order valence-electron chi connectivity index (χ0n) is 19.0. The maximum absolute atomic E-state index is 6.30. The van der Waals surface area contributed by atoms with E-state index in [0.29, 0.717) is 12.5 Å². The largest absolute Gasteiger partial charge is 0.502 e. The lowest BCUT2D eigenvalue weighted by molar-refractivity contribution is 0.00578. The molecule has 2 rings (SSSR count). The van der Waals surface area contributed by atoms with Crippen molar-refractivity contribution in [3.63, 3.8) is 0 Å². The molecule has 1 atom stereocenters. The van der Waals surface area contributed by atoms with Crippen LogP contribution >= 0.6 is 0 Å². The van der Waals surface area contributed by atoms with Crippen molar-refractivity contribution >= 4 is 20.9 Å². The molecule has 1 unspecified atom stereocenters. The summed E-state index contributed by atoms with van der Waals surface area (Å²) in [4.78, 5) is 0. The van der Waals surface area contributed by atoms with Crippen molar-refractivity contribution < 1.29 is 18.5 Å². The van der Waals surface area contributed by atoms with E-state index in [9.17, 15) is 0 Å². The van der Waals surface area contributed by atoms with Crippen molar-refractivity contribution in [1.29, 1.82) is 0 Å². The first-order valence-corrected chi connectivity index (χ1v) is 12.7. The molecule has 8 heteroatoms. The zero-order chi connectivity index (χ0) is 20.8. The minimum absolute atomic E-state index is 0.101. The Bertz CT molecular complexity index is 651. The van der Waals surface area contributed by atoms with Crippen molar-refractivity contribution in [2.24, 2.45) is 7.05 Å². The number of nitrogens with zero attached hydrogens (tertiary/aromatic N) is 2. The van der Waals surface area contributed by atoms with Gasteiger partial charge in [0.1, 0.15) is 6.10 Å². The van der Waals surface area contributed by atoms with Gasteiger partial charge in [0.2, 0.25) is 5.88 Å². The smallest absolute Gasteiger partial charge is 0.473 e. The summed E-state index contributed by atoms with van der Waals surface area (Å²) in [6, 6.07) is 0. The van der Waals surface area contributed by atoms with E-state index in [2.05, 4.69) is 39.0 Å². The van der Waals surface area contributed by atoms with Crippen LogP contribution in [0.2, 0.25) is 18.1 Å². The molecule has 27 heavy (non-hydrogen) atoms. The average molecular weight is 396 g/mol. The van der Waals surface area contributed by atoms with Gasteiger partial charge >= 0.3 is 7.12 Å². The highest BCUT2D eigenvalue weighted by Gasteiger charge is 2.53. The normalized spacial score (nSPS) is 20.8. The maximum atomic E-state index is 6.30. The van der Waals surface area contributed by atoms with Gasteiger partial charge in [-0.05, 0) is 52.8 Å². The van der Waals surface area contributed by atoms with E-state index in [1.54, 1.807) is 10.9 Å². The molecule has 0 amide bonds. The molecule has 2 heterocycles. The third kappa shape index (κ3) is 4.61. The Morgan fingerprint density at radius 3 is 2.19 bits per heavy atom. The minimum atomic E-state index is -1.81. The second-order valence-corrected chi connectivity index (χ2v) is 14.9. The molecule has 1 aromatic heterocycles. The number of ether oxygens (including phenoxy) is 1. The topological polar surface area (TPSA) is 54.7 Å². The van der Waals surface area contributed by atoms with Crippen molar-refractivity contribution in [3.05, 3.63) is 6.20 Å². The molecule has 0 saturated carbocycles. The summed E-state index contributed by atoms with van der Waals surface area (Å²) in [5.74, 6) is 0.667. The van der Waals surface area contributed by atoms with Crippen LogP contribution in [0.3, 0.4) is 0 Å². The summed E-state index contributed by atoms with van der Waals surface area (Å²) in [7, 11) is -0.438. The van der Waals surface area contributed by atoms with E-state index < -0.39 is 26.6 Å². The first kappa shape index (κ1) is 22.5. The Labute approximate surface area is 166 Å². The molecule has 0 spiro atoms. The van der Waals surface area contributed by atoms with Gasteiger partial charge < -0.3 is 18.5 Å². The first-order valence-electron chi connectivity index (χ1n) is 9.75. The first-order chi connectivity index (χ1) is 12.1. The lowest BCUT2D eigenvalue weighted by Crippen LogP contribution is -2.43. The van der Waals surface area contributed by atoms with Crippen molar-refractivity contribution in [2.45, 2.75) is 90.8 Å². The van der Waals surface area contributed by atoms with Crippen LogP contribution in [0.25, 0.3) is 0 Å². The lowest BCUT2D eigenvalue weighted by Gasteiger charge is -2.36. The standard InChI is InChI=1S/C19H37BN2O4Si/c1-14(13-23-27(10,11)17(2,3)4)24-16-15(12-21-22(16)9)20-25-18(5,6)19(7,8)26-20/h12,14H,13H2,1-11H3. The quantitative estimate of drug-likeness (QED) is 0.689. The van der Waals surface area contributed by atoms with E-state index in [0.717, 1.165) is 5.46 Å². The Hall–Kier alpha value is -0.828. The average Bonchev–Trinajstić information content (AvgIpc) is 2.93. The molecule has 0 radical (unpaired) electrons. The Morgan fingerprint density at radius 1 is 1.19 bits per heavy atom. The van der Waals surface area contributed by atoms with Gasteiger partial charge in [-0.15, -0.1) is 0 Å². The van der Waals surface area contributed by atoms with E-state index in [-0.39, 0.29) is 11.1 Å². The molecule has 0 bridgehead atoms. The van der Waals surface area contributed by atoms with E-state index in [1.165, 1.54) is 0 Å². The molecular formula is C19H37BN2O4Si. The van der Waals surface area contributed by atoms with E-state index >= 15 is 0 Å². The van der Waals surface area contributed by atoms with Crippen molar-refractivity contribution in [1.82, 2.24) is 9.78 Å². The van der Waals surface area contributed by atoms with Gasteiger partial charge in [-0.1, -0.05) is 20.8 Å². The van der Waals surface area contributed by atoms with Crippen LogP contribution in [0, 0.1) is 0 Å². The van der Waals surface area contributed by atoms with Gasteiger partial charge in [0.05, 0.1) is 29.5 Å². The molecule has 1 aromatic rings. The summed E-state index contributed by atoms with van der Waals surface area (Å²) in [5, 5.41) is 4.53. The Morgan fingerprint density at radius 2 is 1.70 bits per heavy atom. The van der Waals surface area contributed by atoms with Crippen molar-refractivity contribution in [3.8, 4) is 5.88 Å². The van der Waals surface area contributed by atoms with E-state index in [4.69, 9.17) is 18.5 Å². The van der Waals surface area contributed by atoms with E-state index in [1.807, 2.05) is 41.7 Å². The predicted molar refractivity (Wildman–Crippen MR) is 112 cm³/mol. The predicted octanol–water partition coefficient (Wildman–Crippen LogP) is 3.51. The second-order valence-electron chi connectivity index (χ2n) is 10.1.